The van der Waals surface area contributed by atoms with Crippen LogP contribution in [0.3, 0.4) is 0 Å². The highest BCUT2D eigenvalue weighted by Crippen LogP contribution is 2.16. The average Bonchev–Trinajstić information content (AvgIpc) is 2.37. The number of quaternary nitrogens is 2. The highest BCUT2D eigenvalue weighted by atomic mass is 32.2. The zero-order chi connectivity index (χ0) is 11.1. The van der Waals surface area contributed by atoms with Gasteiger partial charge in [0.2, 0.25) is 0 Å². The lowest BCUT2D eigenvalue weighted by Crippen LogP contribution is -3.20. The van der Waals surface area contributed by atoms with Crippen molar-refractivity contribution in [3.05, 3.63) is 30.3 Å². The van der Waals surface area contributed by atoms with Crippen LogP contribution < -0.4 is 10.2 Å². The van der Waals surface area contributed by atoms with E-state index < -0.39 is 0 Å². The molecular weight excluding hydrogens is 216 g/mol. The molecule has 1 saturated heterocycles. The van der Waals surface area contributed by atoms with Gasteiger partial charge in [-0.3, -0.25) is 0 Å². The number of hydrogen-bond donors (Lipinski definition) is 2. The molecule has 3 heteroatoms. The van der Waals surface area contributed by atoms with Crippen LogP contribution in [0.15, 0.2) is 35.2 Å². The number of nitrogens with one attached hydrogen (secondary N) is 1. The van der Waals surface area contributed by atoms with Gasteiger partial charge in [0.15, 0.2) is 0 Å². The number of benzene rings is 1. The minimum atomic E-state index is 1.26. The van der Waals surface area contributed by atoms with Crippen LogP contribution in [0.5, 0.6) is 0 Å². The van der Waals surface area contributed by atoms with Crippen molar-refractivity contribution in [1.82, 2.24) is 0 Å². The summed E-state index contributed by atoms with van der Waals surface area (Å²) < 4.78 is 0. The summed E-state index contributed by atoms with van der Waals surface area (Å²) in [5.74, 6) is 1.26. The first kappa shape index (κ1) is 12.0. The molecule has 0 aliphatic carbocycles. The van der Waals surface area contributed by atoms with E-state index in [1.54, 1.807) is 4.90 Å². The Kier molecular flexibility index (Phi) is 5.19. The van der Waals surface area contributed by atoms with E-state index in [4.69, 9.17) is 0 Å². The minimum absolute atomic E-state index is 1.26. The molecule has 0 radical (unpaired) electrons. The Bertz CT molecular complexity index is 283. The number of nitrogens with two attached hydrogens (primary N) is 1. The van der Waals surface area contributed by atoms with E-state index in [-0.39, 0.29) is 0 Å². The van der Waals surface area contributed by atoms with Crippen molar-refractivity contribution in [2.24, 2.45) is 0 Å². The Morgan fingerprint density at radius 2 is 1.88 bits per heavy atom. The molecule has 0 atom stereocenters. The van der Waals surface area contributed by atoms with Crippen molar-refractivity contribution in [2.75, 3.05) is 38.5 Å². The quantitative estimate of drug-likeness (QED) is 0.530. The molecule has 1 heterocycles. The smallest absolute Gasteiger partial charge is 0.127 e. The molecular formula is C13H22N2S+2. The van der Waals surface area contributed by atoms with Crippen LogP contribution in [0.1, 0.15) is 6.42 Å². The molecule has 0 bridgehead atoms. The van der Waals surface area contributed by atoms with Gasteiger partial charge >= 0.3 is 0 Å². The Labute approximate surface area is 102 Å². The third-order valence-corrected chi connectivity index (χ3v) is 4.19. The van der Waals surface area contributed by atoms with Gasteiger partial charge in [-0.05, 0) is 12.1 Å². The maximum absolute atomic E-state index is 2.43. The molecule has 1 aliphatic heterocycles. The monoisotopic (exact) mass is 238 g/mol. The van der Waals surface area contributed by atoms with Gasteiger partial charge in [-0.25, -0.2) is 0 Å². The molecule has 0 saturated carbocycles. The molecule has 0 amide bonds. The van der Waals surface area contributed by atoms with Gasteiger partial charge in [0.05, 0.1) is 6.54 Å². The predicted octanol–water partition coefficient (Wildman–Crippen LogP) is -0.369. The predicted molar refractivity (Wildman–Crippen MR) is 69.0 cm³/mol. The lowest BCUT2D eigenvalue weighted by Gasteiger charge is -2.21. The summed E-state index contributed by atoms with van der Waals surface area (Å²) in [5, 5.41) is 2.43. The van der Waals surface area contributed by atoms with Crippen LogP contribution in [0.2, 0.25) is 0 Å². The second kappa shape index (κ2) is 6.94. The van der Waals surface area contributed by atoms with E-state index in [1.165, 1.54) is 49.8 Å². The number of hydrogen-bond acceptors (Lipinski definition) is 1. The van der Waals surface area contributed by atoms with Crippen LogP contribution in [0, 0.1) is 0 Å². The van der Waals surface area contributed by atoms with Gasteiger partial charge in [-0.2, -0.15) is 0 Å². The van der Waals surface area contributed by atoms with Gasteiger partial charge in [-0.15, -0.1) is 11.8 Å². The number of rotatable bonds is 5. The topological polar surface area (TPSA) is 21.1 Å². The molecule has 2 nitrogen and oxygen atoms in total. The maximum Gasteiger partial charge on any atom is 0.127 e. The first-order valence-corrected chi connectivity index (χ1v) is 7.27. The summed E-state index contributed by atoms with van der Waals surface area (Å²) in [7, 11) is 0. The molecule has 1 aromatic rings. The molecule has 3 N–H and O–H groups in total. The summed E-state index contributed by atoms with van der Waals surface area (Å²) in [6.07, 6.45) is 1.34. The van der Waals surface area contributed by atoms with Gasteiger partial charge in [-0.1, -0.05) is 18.2 Å². The Morgan fingerprint density at radius 1 is 1.12 bits per heavy atom. The average molecular weight is 238 g/mol. The van der Waals surface area contributed by atoms with Crippen molar-refractivity contribution in [3.63, 3.8) is 0 Å². The van der Waals surface area contributed by atoms with Gasteiger partial charge in [0.25, 0.3) is 0 Å². The second-order valence-electron chi connectivity index (χ2n) is 4.38. The zero-order valence-corrected chi connectivity index (χ0v) is 10.6. The highest BCUT2D eigenvalue weighted by Gasteiger charge is 2.14. The van der Waals surface area contributed by atoms with Crippen LogP contribution in [-0.2, 0) is 0 Å². The van der Waals surface area contributed by atoms with Crippen molar-refractivity contribution >= 4 is 11.8 Å². The summed E-state index contributed by atoms with van der Waals surface area (Å²) in [6.45, 7) is 6.71. The molecule has 0 spiro atoms. The van der Waals surface area contributed by atoms with E-state index in [0.717, 1.165) is 0 Å². The molecule has 16 heavy (non-hydrogen) atoms. The molecule has 0 unspecified atom stereocenters. The van der Waals surface area contributed by atoms with Crippen molar-refractivity contribution < 1.29 is 10.2 Å². The summed E-state index contributed by atoms with van der Waals surface area (Å²) in [5.41, 5.74) is 0. The molecule has 1 fully saturated rings. The van der Waals surface area contributed by atoms with E-state index in [9.17, 15) is 0 Å². The molecule has 1 aliphatic rings. The van der Waals surface area contributed by atoms with Crippen LogP contribution in [0.25, 0.3) is 0 Å². The van der Waals surface area contributed by atoms with Gasteiger partial charge < -0.3 is 10.2 Å². The third-order valence-electron chi connectivity index (χ3n) is 3.09. The molecule has 0 aromatic heterocycles. The minimum Gasteiger partial charge on any atom is -0.337 e. The fraction of sp³-hybridized carbons (Fsp3) is 0.538. The van der Waals surface area contributed by atoms with E-state index in [0.29, 0.717) is 0 Å². The van der Waals surface area contributed by atoms with Crippen molar-refractivity contribution in [2.45, 2.75) is 11.3 Å². The Balaban J connectivity index is 1.58. The number of piperazine rings is 1. The lowest BCUT2D eigenvalue weighted by molar-refractivity contribution is -0.946. The first-order chi connectivity index (χ1) is 7.95. The largest absolute Gasteiger partial charge is 0.337 e. The Hall–Kier alpha value is -0.510. The van der Waals surface area contributed by atoms with Gasteiger partial charge in [0, 0.05) is 17.1 Å². The molecule has 1 aromatic carbocycles. The fourth-order valence-electron chi connectivity index (χ4n) is 2.16. The van der Waals surface area contributed by atoms with E-state index in [2.05, 4.69) is 35.6 Å². The zero-order valence-electron chi connectivity index (χ0n) is 9.82. The summed E-state index contributed by atoms with van der Waals surface area (Å²) in [4.78, 5) is 3.21. The second-order valence-corrected chi connectivity index (χ2v) is 5.55. The maximum atomic E-state index is 2.43. The standard InChI is InChI=1S/C13H20N2S/c1-2-5-13(6-3-1)16-12-4-9-15-10-7-14-8-11-15/h1-3,5-6,14H,4,7-12H2/p+2. The Morgan fingerprint density at radius 3 is 2.62 bits per heavy atom. The van der Waals surface area contributed by atoms with Crippen molar-refractivity contribution in [1.29, 1.82) is 0 Å². The lowest BCUT2D eigenvalue weighted by atomic mass is 10.3. The molecule has 2 rings (SSSR count). The summed E-state index contributed by atoms with van der Waals surface area (Å²) >= 11 is 1.99. The third kappa shape index (κ3) is 4.16. The normalized spacial score (nSPS) is 17.5. The van der Waals surface area contributed by atoms with E-state index >= 15 is 0 Å². The van der Waals surface area contributed by atoms with Crippen LogP contribution >= 0.6 is 11.8 Å². The van der Waals surface area contributed by atoms with Crippen molar-refractivity contribution in [3.8, 4) is 0 Å². The number of thioether (sulfide) groups is 1. The summed E-state index contributed by atoms with van der Waals surface area (Å²) in [6, 6.07) is 10.7. The molecule has 88 valence electrons. The highest BCUT2D eigenvalue weighted by molar-refractivity contribution is 7.99. The van der Waals surface area contributed by atoms with Gasteiger partial charge in [0.1, 0.15) is 26.2 Å². The van der Waals surface area contributed by atoms with E-state index in [1.807, 2.05) is 11.8 Å². The van der Waals surface area contributed by atoms with Crippen LogP contribution in [-0.4, -0.2) is 38.5 Å². The first-order valence-electron chi connectivity index (χ1n) is 6.28. The van der Waals surface area contributed by atoms with Crippen LogP contribution in [0.4, 0.5) is 0 Å². The SMILES string of the molecule is c1ccc(SCCC[NH+]2CC[NH2+]CC2)cc1. The fourth-order valence-corrected chi connectivity index (χ4v) is 3.03.